The van der Waals surface area contributed by atoms with Crippen LogP contribution in [0.15, 0.2) is 54.6 Å². The standard InChI is InChI=1S/C15H12N2O2/c16-10-14(11-5-2-1-3-6-11)17-15(19)12-7-4-8-13(18)9-12/h1-9,14,18H,(H,17,19). The first kappa shape index (κ1) is 12.7. The van der Waals surface area contributed by atoms with E-state index >= 15 is 0 Å². The van der Waals surface area contributed by atoms with E-state index in [-0.39, 0.29) is 5.75 Å². The van der Waals surface area contributed by atoms with Gasteiger partial charge >= 0.3 is 0 Å². The molecular formula is C15H12N2O2. The summed E-state index contributed by atoms with van der Waals surface area (Å²) in [5.74, 6) is -0.382. The number of amides is 1. The van der Waals surface area contributed by atoms with Crippen LogP contribution in [0.2, 0.25) is 0 Å². The molecule has 4 heteroatoms. The van der Waals surface area contributed by atoms with E-state index in [2.05, 4.69) is 5.32 Å². The van der Waals surface area contributed by atoms with Gasteiger partial charge in [-0.25, -0.2) is 0 Å². The van der Waals surface area contributed by atoms with Gasteiger partial charge in [0.25, 0.3) is 5.91 Å². The Bertz CT molecular complexity index is 618. The van der Waals surface area contributed by atoms with E-state index in [1.165, 1.54) is 12.1 Å². The average Bonchev–Trinajstić information content (AvgIpc) is 2.45. The molecule has 0 aliphatic carbocycles. The van der Waals surface area contributed by atoms with Crippen LogP contribution in [0.1, 0.15) is 22.0 Å². The Morgan fingerprint density at radius 2 is 1.89 bits per heavy atom. The van der Waals surface area contributed by atoms with Gasteiger partial charge in [-0.2, -0.15) is 5.26 Å². The van der Waals surface area contributed by atoms with Crippen molar-refractivity contribution in [1.82, 2.24) is 5.32 Å². The van der Waals surface area contributed by atoms with E-state index in [1.807, 2.05) is 12.1 Å². The molecule has 1 atom stereocenters. The van der Waals surface area contributed by atoms with Gasteiger partial charge in [0.15, 0.2) is 0 Å². The number of hydrogen-bond donors (Lipinski definition) is 2. The normalized spacial score (nSPS) is 11.3. The van der Waals surface area contributed by atoms with Crippen molar-refractivity contribution in [2.75, 3.05) is 0 Å². The fraction of sp³-hybridized carbons (Fsp3) is 0.0667. The van der Waals surface area contributed by atoms with E-state index in [4.69, 9.17) is 5.26 Å². The molecule has 2 aromatic rings. The first-order valence-corrected chi connectivity index (χ1v) is 5.75. The van der Waals surface area contributed by atoms with E-state index in [0.717, 1.165) is 5.56 Å². The monoisotopic (exact) mass is 252 g/mol. The van der Waals surface area contributed by atoms with Gasteiger partial charge in [0.05, 0.1) is 6.07 Å². The third-order valence-corrected chi connectivity index (χ3v) is 2.65. The largest absolute Gasteiger partial charge is 0.508 e. The molecular weight excluding hydrogens is 240 g/mol. The first-order chi connectivity index (χ1) is 9.20. The predicted molar refractivity (Wildman–Crippen MR) is 70.4 cm³/mol. The summed E-state index contributed by atoms with van der Waals surface area (Å²) in [6, 6.07) is 16.3. The molecule has 0 saturated heterocycles. The van der Waals surface area contributed by atoms with E-state index in [0.29, 0.717) is 5.56 Å². The Kier molecular flexibility index (Phi) is 3.79. The number of phenolic OH excluding ortho intramolecular Hbond substituents is 1. The maximum absolute atomic E-state index is 12.0. The first-order valence-electron chi connectivity index (χ1n) is 5.75. The summed E-state index contributed by atoms with van der Waals surface area (Å²) in [7, 11) is 0. The molecule has 0 spiro atoms. The van der Waals surface area contributed by atoms with Crippen LogP contribution in [0.4, 0.5) is 0 Å². The maximum atomic E-state index is 12.0. The third-order valence-electron chi connectivity index (χ3n) is 2.65. The highest BCUT2D eigenvalue weighted by molar-refractivity contribution is 5.95. The fourth-order valence-corrected chi connectivity index (χ4v) is 1.70. The summed E-state index contributed by atoms with van der Waals surface area (Å²) in [5.41, 5.74) is 1.04. The van der Waals surface area contributed by atoms with Crippen LogP contribution in [0.3, 0.4) is 0 Å². The molecule has 2 aromatic carbocycles. The molecule has 1 unspecified atom stereocenters. The number of nitrogens with one attached hydrogen (secondary N) is 1. The van der Waals surface area contributed by atoms with Crippen molar-refractivity contribution in [2.45, 2.75) is 6.04 Å². The smallest absolute Gasteiger partial charge is 0.252 e. The molecule has 4 nitrogen and oxygen atoms in total. The van der Waals surface area contributed by atoms with Gasteiger partial charge in [0.2, 0.25) is 0 Å². The highest BCUT2D eigenvalue weighted by Gasteiger charge is 2.14. The molecule has 0 aromatic heterocycles. The van der Waals surface area contributed by atoms with Crippen LogP contribution in [0.25, 0.3) is 0 Å². The van der Waals surface area contributed by atoms with Gasteiger partial charge in [-0.3, -0.25) is 4.79 Å². The van der Waals surface area contributed by atoms with E-state index < -0.39 is 11.9 Å². The predicted octanol–water partition coefficient (Wildman–Crippen LogP) is 2.39. The molecule has 0 aliphatic heterocycles. The van der Waals surface area contributed by atoms with Crippen LogP contribution < -0.4 is 5.32 Å². The number of carbonyl (C=O) groups is 1. The van der Waals surface area contributed by atoms with Gasteiger partial charge in [-0.15, -0.1) is 0 Å². The zero-order chi connectivity index (χ0) is 13.7. The Balaban J connectivity index is 2.16. The van der Waals surface area contributed by atoms with Gasteiger partial charge < -0.3 is 10.4 Å². The number of aromatic hydroxyl groups is 1. The molecule has 2 N–H and O–H groups in total. The topological polar surface area (TPSA) is 73.1 Å². The highest BCUT2D eigenvalue weighted by Crippen LogP contribution is 2.14. The van der Waals surface area contributed by atoms with Crippen molar-refractivity contribution in [3.8, 4) is 11.8 Å². The Hall–Kier alpha value is -2.80. The van der Waals surface area contributed by atoms with Gasteiger partial charge in [0, 0.05) is 5.56 Å². The molecule has 0 saturated carbocycles. The number of hydrogen-bond acceptors (Lipinski definition) is 3. The van der Waals surface area contributed by atoms with Crippen LogP contribution in [-0.4, -0.2) is 11.0 Å². The SMILES string of the molecule is N#CC(NC(=O)c1cccc(O)c1)c1ccccc1. The van der Waals surface area contributed by atoms with Gasteiger partial charge in [-0.05, 0) is 23.8 Å². The van der Waals surface area contributed by atoms with Crippen molar-refractivity contribution in [3.63, 3.8) is 0 Å². The summed E-state index contributed by atoms with van der Waals surface area (Å²) in [6.45, 7) is 0. The van der Waals surface area contributed by atoms with E-state index in [1.54, 1.807) is 36.4 Å². The molecule has 0 aliphatic rings. The van der Waals surface area contributed by atoms with Crippen LogP contribution >= 0.6 is 0 Å². The van der Waals surface area contributed by atoms with Crippen molar-refractivity contribution in [2.24, 2.45) is 0 Å². The zero-order valence-electron chi connectivity index (χ0n) is 10.1. The number of nitrogens with zero attached hydrogens (tertiary/aromatic N) is 1. The zero-order valence-corrected chi connectivity index (χ0v) is 10.1. The fourth-order valence-electron chi connectivity index (χ4n) is 1.70. The molecule has 94 valence electrons. The quantitative estimate of drug-likeness (QED) is 0.880. The molecule has 0 fully saturated rings. The molecule has 2 rings (SSSR count). The summed E-state index contributed by atoms with van der Waals surface area (Å²) in [6.07, 6.45) is 0. The minimum atomic E-state index is -0.712. The number of phenols is 1. The number of nitriles is 1. The lowest BCUT2D eigenvalue weighted by Gasteiger charge is -2.12. The second kappa shape index (κ2) is 5.69. The minimum absolute atomic E-state index is 0.0147. The van der Waals surface area contributed by atoms with Crippen molar-refractivity contribution < 1.29 is 9.90 Å². The lowest BCUT2D eigenvalue weighted by molar-refractivity contribution is 0.0944. The third kappa shape index (κ3) is 3.11. The second-order valence-corrected chi connectivity index (χ2v) is 4.00. The summed E-state index contributed by atoms with van der Waals surface area (Å²) in [5, 5.41) is 21.1. The van der Waals surface area contributed by atoms with Crippen LogP contribution in [-0.2, 0) is 0 Å². The van der Waals surface area contributed by atoms with Crippen molar-refractivity contribution >= 4 is 5.91 Å². The molecule has 0 heterocycles. The number of benzene rings is 2. The minimum Gasteiger partial charge on any atom is -0.508 e. The Morgan fingerprint density at radius 1 is 1.16 bits per heavy atom. The average molecular weight is 252 g/mol. The summed E-state index contributed by atoms with van der Waals surface area (Å²) in [4.78, 5) is 12.0. The molecule has 1 amide bonds. The second-order valence-electron chi connectivity index (χ2n) is 4.00. The molecule has 0 radical (unpaired) electrons. The van der Waals surface area contributed by atoms with Crippen molar-refractivity contribution in [3.05, 3.63) is 65.7 Å². The number of carbonyl (C=O) groups excluding carboxylic acids is 1. The maximum Gasteiger partial charge on any atom is 0.252 e. The van der Waals surface area contributed by atoms with Crippen LogP contribution in [0.5, 0.6) is 5.75 Å². The van der Waals surface area contributed by atoms with E-state index in [9.17, 15) is 9.90 Å². The number of rotatable bonds is 3. The summed E-state index contributed by atoms with van der Waals surface area (Å²) >= 11 is 0. The van der Waals surface area contributed by atoms with Gasteiger partial charge in [0.1, 0.15) is 11.8 Å². The Morgan fingerprint density at radius 3 is 2.53 bits per heavy atom. The molecule has 0 bridgehead atoms. The van der Waals surface area contributed by atoms with Crippen molar-refractivity contribution in [1.29, 1.82) is 5.26 Å². The van der Waals surface area contributed by atoms with Crippen LogP contribution in [0, 0.1) is 11.3 Å². The lowest BCUT2D eigenvalue weighted by atomic mass is 10.1. The Labute approximate surface area is 110 Å². The molecule has 19 heavy (non-hydrogen) atoms. The lowest BCUT2D eigenvalue weighted by Crippen LogP contribution is -2.27. The van der Waals surface area contributed by atoms with Gasteiger partial charge in [-0.1, -0.05) is 36.4 Å². The summed E-state index contributed by atoms with van der Waals surface area (Å²) < 4.78 is 0. The highest BCUT2D eigenvalue weighted by atomic mass is 16.3.